The number of hydrogen-bond donors (Lipinski definition) is 3. The van der Waals surface area contributed by atoms with Gasteiger partial charge in [-0.2, -0.15) is 0 Å². The van der Waals surface area contributed by atoms with E-state index >= 15 is 0 Å². The van der Waals surface area contributed by atoms with Crippen LogP contribution < -0.4 is 16.0 Å². The van der Waals surface area contributed by atoms with E-state index in [0.717, 1.165) is 11.3 Å². The maximum atomic E-state index is 12.0. The summed E-state index contributed by atoms with van der Waals surface area (Å²) in [5.74, 6) is 0.184. The lowest BCUT2D eigenvalue weighted by atomic mass is 10.1. The molecular formula is C17H28ClN3O2. The highest BCUT2D eigenvalue weighted by Gasteiger charge is 2.14. The molecule has 5 nitrogen and oxygen atoms in total. The first kappa shape index (κ1) is 21.4. The van der Waals surface area contributed by atoms with E-state index < -0.39 is 0 Å². The lowest BCUT2D eigenvalue weighted by Gasteiger charge is -2.14. The van der Waals surface area contributed by atoms with Gasteiger partial charge in [0.15, 0.2) is 0 Å². The van der Waals surface area contributed by atoms with E-state index in [1.807, 2.05) is 20.9 Å². The molecule has 1 rings (SSSR count). The number of anilines is 1. The molecule has 1 aromatic rings. The Morgan fingerprint density at radius 2 is 1.78 bits per heavy atom. The molecule has 0 bridgehead atoms. The fourth-order valence-corrected chi connectivity index (χ4v) is 2.00. The molecule has 0 aliphatic heterocycles. The SMILES string of the molecule is CNCC(C)C(=O)Nc1ccc(C(=O)NCC(C)C)cc1C.Cl. The Morgan fingerprint density at radius 3 is 2.30 bits per heavy atom. The number of aryl methyl sites for hydroxylation is 1. The standard InChI is InChI=1S/C17H27N3O2.ClH/c1-11(2)9-19-17(22)14-6-7-15(12(3)8-14)20-16(21)13(4)10-18-5;/h6-8,11,13,18H,9-10H2,1-5H3,(H,19,22)(H,20,21);1H. The van der Waals surface area contributed by atoms with E-state index in [1.54, 1.807) is 18.2 Å². The molecule has 0 aliphatic rings. The minimum Gasteiger partial charge on any atom is -0.352 e. The number of amides is 2. The first-order chi connectivity index (χ1) is 10.3. The maximum absolute atomic E-state index is 12.0. The van der Waals surface area contributed by atoms with Gasteiger partial charge >= 0.3 is 0 Å². The van der Waals surface area contributed by atoms with Crippen molar-refractivity contribution in [2.75, 3.05) is 25.5 Å². The van der Waals surface area contributed by atoms with E-state index in [9.17, 15) is 9.59 Å². The Morgan fingerprint density at radius 1 is 1.13 bits per heavy atom. The van der Waals surface area contributed by atoms with Crippen molar-refractivity contribution in [1.82, 2.24) is 10.6 Å². The first-order valence-corrected chi connectivity index (χ1v) is 7.69. The number of halogens is 1. The van der Waals surface area contributed by atoms with Gasteiger partial charge in [-0.15, -0.1) is 12.4 Å². The van der Waals surface area contributed by atoms with Gasteiger partial charge in [-0.1, -0.05) is 20.8 Å². The van der Waals surface area contributed by atoms with E-state index in [-0.39, 0.29) is 30.1 Å². The average Bonchev–Trinajstić information content (AvgIpc) is 2.46. The number of hydrogen-bond acceptors (Lipinski definition) is 3. The van der Waals surface area contributed by atoms with Crippen LogP contribution in [-0.2, 0) is 4.79 Å². The molecule has 2 amide bonds. The van der Waals surface area contributed by atoms with Crippen LogP contribution in [0.2, 0.25) is 0 Å². The minimum absolute atomic E-state index is 0. The molecule has 23 heavy (non-hydrogen) atoms. The van der Waals surface area contributed by atoms with Crippen LogP contribution in [0.1, 0.15) is 36.7 Å². The zero-order chi connectivity index (χ0) is 16.7. The molecule has 0 saturated carbocycles. The monoisotopic (exact) mass is 341 g/mol. The summed E-state index contributed by atoms with van der Waals surface area (Å²) in [6, 6.07) is 5.32. The van der Waals surface area contributed by atoms with Gasteiger partial charge in [-0.3, -0.25) is 9.59 Å². The Balaban J connectivity index is 0.00000484. The second-order valence-corrected chi connectivity index (χ2v) is 6.08. The number of carbonyl (C=O) groups excluding carboxylic acids is 2. The normalized spacial score (nSPS) is 11.6. The fourth-order valence-electron chi connectivity index (χ4n) is 2.00. The van der Waals surface area contributed by atoms with Crippen LogP contribution in [-0.4, -0.2) is 32.0 Å². The van der Waals surface area contributed by atoms with Crippen LogP contribution in [0.15, 0.2) is 18.2 Å². The van der Waals surface area contributed by atoms with Crippen molar-refractivity contribution in [2.45, 2.75) is 27.7 Å². The molecule has 0 aromatic heterocycles. The minimum atomic E-state index is -0.113. The van der Waals surface area contributed by atoms with E-state index in [4.69, 9.17) is 0 Å². The Bertz CT molecular complexity index is 533. The van der Waals surface area contributed by atoms with Gasteiger partial charge < -0.3 is 16.0 Å². The molecule has 1 atom stereocenters. The zero-order valence-electron chi connectivity index (χ0n) is 14.5. The summed E-state index contributed by atoms with van der Waals surface area (Å²) < 4.78 is 0. The quantitative estimate of drug-likeness (QED) is 0.714. The fraction of sp³-hybridized carbons (Fsp3) is 0.529. The molecular weight excluding hydrogens is 314 g/mol. The van der Waals surface area contributed by atoms with Crippen LogP contribution >= 0.6 is 12.4 Å². The predicted octanol–water partition coefficient (Wildman–Crippen LogP) is 2.60. The van der Waals surface area contributed by atoms with Crippen molar-refractivity contribution in [3.8, 4) is 0 Å². The summed E-state index contributed by atoms with van der Waals surface area (Å²) in [5.41, 5.74) is 2.23. The van der Waals surface area contributed by atoms with Crippen LogP contribution in [0.25, 0.3) is 0 Å². The molecule has 0 spiro atoms. The third-order valence-corrected chi connectivity index (χ3v) is 3.38. The second kappa shape index (κ2) is 10.2. The van der Waals surface area contributed by atoms with Crippen molar-refractivity contribution < 1.29 is 9.59 Å². The molecule has 1 unspecified atom stereocenters. The highest BCUT2D eigenvalue weighted by molar-refractivity contribution is 5.97. The van der Waals surface area contributed by atoms with Gasteiger partial charge in [0, 0.05) is 30.3 Å². The molecule has 0 radical (unpaired) electrons. The Kier molecular flexibility index (Phi) is 9.53. The third-order valence-electron chi connectivity index (χ3n) is 3.38. The van der Waals surface area contributed by atoms with Crippen LogP contribution in [0.5, 0.6) is 0 Å². The predicted molar refractivity (Wildman–Crippen MR) is 97.3 cm³/mol. The van der Waals surface area contributed by atoms with Crippen molar-refractivity contribution >= 4 is 29.9 Å². The highest BCUT2D eigenvalue weighted by Crippen LogP contribution is 2.17. The average molecular weight is 342 g/mol. The van der Waals surface area contributed by atoms with Crippen molar-refractivity contribution in [1.29, 1.82) is 0 Å². The third kappa shape index (κ3) is 7.01. The highest BCUT2D eigenvalue weighted by atomic mass is 35.5. The largest absolute Gasteiger partial charge is 0.352 e. The number of benzene rings is 1. The van der Waals surface area contributed by atoms with Gasteiger partial charge in [0.05, 0.1) is 0 Å². The second-order valence-electron chi connectivity index (χ2n) is 6.08. The summed E-state index contributed by atoms with van der Waals surface area (Å²) in [6.07, 6.45) is 0. The van der Waals surface area contributed by atoms with Crippen molar-refractivity contribution in [3.63, 3.8) is 0 Å². The van der Waals surface area contributed by atoms with Gasteiger partial charge in [0.25, 0.3) is 5.91 Å². The number of nitrogens with one attached hydrogen (secondary N) is 3. The van der Waals surface area contributed by atoms with E-state index in [1.165, 1.54) is 0 Å². The smallest absolute Gasteiger partial charge is 0.251 e. The molecule has 0 saturated heterocycles. The Hall–Kier alpha value is -1.59. The van der Waals surface area contributed by atoms with E-state index in [2.05, 4.69) is 29.8 Å². The maximum Gasteiger partial charge on any atom is 0.251 e. The first-order valence-electron chi connectivity index (χ1n) is 7.69. The molecule has 0 fully saturated rings. The molecule has 6 heteroatoms. The summed E-state index contributed by atoms with van der Waals surface area (Å²) >= 11 is 0. The van der Waals surface area contributed by atoms with Gasteiger partial charge in [-0.05, 0) is 43.7 Å². The van der Waals surface area contributed by atoms with Crippen molar-refractivity contribution in [3.05, 3.63) is 29.3 Å². The lowest BCUT2D eigenvalue weighted by molar-refractivity contribution is -0.119. The number of rotatable bonds is 7. The molecule has 0 heterocycles. The summed E-state index contributed by atoms with van der Waals surface area (Å²) in [7, 11) is 1.82. The summed E-state index contributed by atoms with van der Waals surface area (Å²) in [5, 5.41) is 8.77. The molecule has 0 aliphatic carbocycles. The van der Waals surface area contributed by atoms with Crippen LogP contribution in [0, 0.1) is 18.8 Å². The molecule has 130 valence electrons. The van der Waals surface area contributed by atoms with Crippen LogP contribution in [0.4, 0.5) is 5.69 Å². The molecule has 1 aromatic carbocycles. The topological polar surface area (TPSA) is 70.2 Å². The van der Waals surface area contributed by atoms with Crippen LogP contribution in [0.3, 0.4) is 0 Å². The van der Waals surface area contributed by atoms with Gasteiger partial charge in [-0.25, -0.2) is 0 Å². The van der Waals surface area contributed by atoms with E-state index in [0.29, 0.717) is 24.6 Å². The van der Waals surface area contributed by atoms with Crippen molar-refractivity contribution in [2.24, 2.45) is 11.8 Å². The van der Waals surface area contributed by atoms with Gasteiger partial charge in [0.1, 0.15) is 0 Å². The summed E-state index contributed by atoms with van der Waals surface area (Å²) in [6.45, 7) is 9.14. The van der Waals surface area contributed by atoms with Gasteiger partial charge in [0.2, 0.25) is 5.91 Å². The molecule has 3 N–H and O–H groups in total. The summed E-state index contributed by atoms with van der Waals surface area (Å²) in [4.78, 5) is 24.0. The Labute approximate surface area is 145 Å². The number of carbonyl (C=O) groups is 2. The lowest BCUT2D eigenvalue weighted by Crippen LogP contribution is -2.29. The zero-order valence-corrected chi connectivity index (χ0v) is 15.3.